The van der Waals surface area contributed by atoms with Gasteiger partial charge in [0.05, 0.1) is 42.2 Å². The first-order valence-corrected chi connectivity index (χ1v) is 14.2. The van der Waals surface area contributed by atoms with Gasteiger partial charge in [-0.05, 0) is 67.3 Å². The highest BCUT2D eigenvalue weighted by Crippen LogP contribution is 2.46. The molecule has 1 aliphatic heterocycles. The summed E-state index contributed by atoms with van der Waals surface area (Å²) in [7, 11) is 1.58. The van der Waals surface area contributed by atoms with Gasteiger partial charge in [0.2, 0.25) is 0 Å². The van der Waals surface area contributed by atoms with Gasteiger partial charge in [-0.3, -0.25) is 19.5 Å². The van der Waals surface area contributed by atoms with Gasteiger partial charge in [-0.15, -0.1) is 0 Å². The first kappa shape index (κ1) is 28.1. The highest BCUT2D eigenvalue weighted by Gasteiger charge is 2.48. The predicted molar refractivity (Wildman–Crippen MR) is 158 cm³/mol. The third-order valence-corrected chi connectivity index (χ3v) is 7.74. The molecule has 2 aromatic heterocycles. The fourth-order valence-corrected chi connectivity index (χ4v) is 5.64. The molecular weight excluding hydrogens is 542 g/mol. The smallest absolute Gasteiger partial charge is 0.301 e. The normalized spacial score (nSPS) is 16.5. The molecule has 0 spiro atoms. The maximum atomic E-state index is 13.6. The fourth-order valence-electron chi connectivity index (χ4n) is 4.62. The summed E-state index contributed by atoms with van der Waals surface area (Å²) in [5.41, 5.74) is 1.55. The molecule has 1 aliphatic rings. The number of carbonyl (C=O) groups is 2. The molecule has 1 amide bonds. The van der Waals surface area contributed by atoms with Crippen LogP contribution in [0.1, 0.15) is 44.4 Å². The molecule has 10 heteroatoms. The number of ether oxygens (including phenoxy) is 3. The summed E-state index contributed by atoms with van der Waals surface area (Å²) < 4.78 is 18.1. The maximum absolute atomic E-state index is 13.6. The number of pyridine rings is 1. The van der Waals surface area contributed by atoms with Gasteiger partial charge in [0, 0.05) is 18.0 Å². The lowest BCUT2D eigenvalue weighted by Crippen LogP contribution is -2.29. The van der Waals surface area contributed by atoms with Crippen molar-refractivity contribution in [3.8, 4) is 17.2 Å². The SMILES string of the molecule is CCOc1cc(C2/C(=C(\O)c3ccncc3)C(=O)C(=O)N2c2nc3ccc(OC)cc3s2)ccc1OCCC(C)C. The molecule has 0 saturated carbocycles. The van der Waals surface area contributed by atoms with Gasteiger partial charge in [0.15, 0.2) is 16.6 Å². The van der Waals surface area contributed by atoms with Crippen molar-refractivity contribution in [3.63, 3.8) is 0 Å². The minimum Gasteiger partial charge on any atom is -0.507 e. The molecule has 2 aromatic carbocycles. The van der Waals surface area contributed by atoms with Crippen LogP contribution in [-0.4, -0.2) is 47.1 Å². The number of aromatic nitrogens is 2. The molecule has 1 atom stereocenters. The average Bonchev–Trinajstić information content (AvgIpc) is 3.51. The number of thiazole rings is 1. The van der Waals surface area contributed by atoms with Crippen LogP contribution in [0, 0.1) is 5.92 Å². The molecule has 1 unspecified atom stereocenters. The van der Waals surface area contributed by atoms with Gasteiger partial charge >= 0.3 is 5.91 Å². The molecular formula is C31H31N3O6S. The number of amides is 1. The van der Waals surface area contributed by atoms with E-state index in [9.17, 15) is 14.7 Å². The second-order valence-corrected chi connectivity index (χ2v) is 10.9. The second kappa shape index (κ2) is 12.0. The van der Waals surface area contributed by atoms with E-state index in [0.717, 1.165) is 11.1 Å². The first-order chi connectivity index (χ1) is 19.8. The van der Waals surface area contributed by atoms with Crippen LogP contribution in [0.5, 0.6) is 17.2 Å². The van der Waals surface area contributed by atoms with Crippen LogP contribution < -0.4 is 19.1 Å². The van der Waals surface area contributed by atoms with Gasteiger partial charge in [0.25, 0.3) is 5.78 Å². The summed E-state index contributed by atoms with van der Waals surface area (Å²) in [6, 6.07) is 12.9. The predicted octanol–water partition coefficient (Wildman–Crippen LogP) is 6.15. The minimum absolute atomic E-state index is 0.0473. The van der Waals surface area contributed by atoms with Crippen molar-refractivity contribution in [2.24, 2.45) is 5.92 Å². The summed E-state index contributed by atoms with van der Waals surface area (Å²) in [5.74, 6) is 0.288. The Morgan fingerprint density at radius 3 is 2.54 bits per heavy atom. The zero-order valence-electron chi connectivity index (χ0n) is 23.3. The maximum Gasteiger partial charge on any atom is 0.301 e. The van der Waals surface area contributed by atoms with Crippen LogP contribution in [0.3, 0.4) is 0 Å². The van der Waals surface area contributed by atoms with Crippen molar-refractivity contribution in [2.45, 2.75) is 33.2 Å². The van der Waals surface area contributed by atoms with E-state index in [-0.39, 0.29) is 11.3 Å². The molecule has 0 bridgehead atoms. The third kappa shape index (κ3) is 5.60. The van der Waals surface area contributed by atoms with Crippen molar-refractivity contribution in [1.82, 2.24) is 9.97 Å². The molecule has 9 nitrogen and oxygen atoms in total. The number of anilines is 1. The Labute approximate surface area is 242 Å². The van der Waals surface area contributed by atoms with E-state index in [4.69, 9.17) is 14.2 Å². The monoisotopic (exact) mass is 573 g/mol. The van der Waals surface area contributed by atoms with Crippen LogP contribution >= 0.6 is 11.3 Å². The Morgan fingerprint density at radius 2 is 1.83 bits per heavy atom. The number of aliphatic hydroxyl groups is 1. The van der Waals surface area contributed by atoms with E-state index in [2.05, 4.69) is 23.8 Å². The summed E-state index contributed by atoms with van der Waals surface area (Å²) in [6.07, 6.45) is 3.90. The van der Waals surface area contributed by atoms with E-state index < -0.39 is 17.7 Å². The van der Waals surface area contributed by atoms with Crippen LogP contribution in [0.4, 0.5) is 5.13 Å². The molecule has 0 aliphatic carbocycles. The molecule has 1 fully saturated rings. The number of hydrogen-bond donors (Lipinski definition) is 1. The molecule has 1 N–H and O–H groups in total. The third-order valence-electron chi connectivity index (χ3n) is 6.72. The number of nitrogens with zero attached hydrogens (tertiary/aromatic N) is 3. The van der Waals surface area contributed by atoms with Crippen molar-refractivity contribution in [2.75, 3.05) is 25.2 Å². The Kier molecular flexibility index (Phi) is 8.21. The lowest BCUT2D eigenvalue weighted by Gasteiger charge is -2.24. The quantitative estimate of drug-likeness (QED) is 0.137. The Morgan fingerprint density at radius 1 is 1.05 bits per heavy atom. The Hall–Kier alpha value is -4.44. The Bertz CT molecular complexity index is 1610. The van der Waals surface area contributed by atoms with E-state index in [1.165, 1.54) is 28.6 Å². The lowest BCUT2D eigenvalue weighted by molar-refractivity contribution is -0.132. The van der Waals surface area contributed by atoms with E-state index in [1.54, 1.807) is 49.6 Å². The number of methoxy groups -OCH3 is 1. The van der Waals surface area contributed by atoms with Gasteiger partial charge in [-0.1, -0.05) is 31.3 Å². The number of rotatable bonds is 10. The number of ketones is 1. The average molecular weight is 574 g/mol. The number of benzene rings is 2. The molecule has 4 aromatic rings. The van der Waals surface area contributed by atoms with Crippen LogP contribution in [0.15, 0.2) is 66.5 Å². The van der Waals surface area contributed by atoms with Crippen molar-refractivity contribution >= 4 is 44.1 Å². The molecule has 3 heterocycles. The largest absolute Gasteiger partial charge is 0.507 e. The van der Waals surface area contributed by atoms with Crippen molar-refractivity contribution < 1.29 is 28.9 Å². The number of aliphatic hydroxyl groups excluding tert-OH is 1. The highest BCUT2D eigenvalue weighted by molar-refractivity contribution is 7.22. The Balaban J connectivity index is 1.66. The molecule has 0 radical (unpaired) electrons. The standard InChI is InChI=1S/C31H31N3O6S/c1-5-39-24-16-20(6-9-23(24)40-15-12-18(2)3)27-26(28(35)19-10-13-32-14-11-19)29(36)30(37)34(27)31-33-22-8-7-21(38-4)17-25(22)41-31/h6-11,13-14,16-18,27,35H,5,12,15H2,1-4H3/b28-26+. The first-order valence-electron chi connectivity index (χ1n) is 13.4. The minimum atomic E-state index is -0.963. The number of hydrogen-bond acceptors (Lipinski definition) is 9. The van der Waals surface area contributed by atoms with E-state index in [0.29, 0.717) is 58.2 Å². The topological polar surface area (TPSA) is 111 Å². The lowest BCUT2D eigenvalue weighted by atomic mass is 9.95. The van der Waals surface area contributed by atoms with E-state index in [1.807, 2.05) is 13.0 Å². The summed E-state index contributed by atoms with van der Waals surface area (Å²) in [5, 5.41) is 11.7. The molecule has 41 heavy (non-hydrogen) atoms. The van der Waals surface area contributed by atoms with Crippen LogP contribution in [0.2, 0.25) is 0 Å². The van der Waals surface area contributed by atoms with Crippen molar-refractivity contribution in [3.05, 3.63) is 77.6 Å². The van der Waals surface area contributed by atoms with Gasteiger partial charge < -0.3 is 19.3 Å². The van der Waals surface area contributed by atoms with Gasteiger partial charge in [-0.25, -0.2) is 4.98 Å². The summed E-state index contributed by atoms with van der Waals surface area (Å²) in [4.78, 5) is 37.2. The molecule has 1 saturated heterocycles. The second-order valence-electron chi connectivity index (χ2n) is 9.91. The van der Waals surface area contributed by atoms with Gasteiger partial charge in [-0.2, -0.15) is 0 Å². The highest BCUT2D eigenvalue weighted by atomic mass is 32.1. The number of carbonyl (C=O) groups excluding carboxylic acids is 2. The van der Waals surface area contributed by atoms with Crippen molar-refractivity contribution in [1.29, 1.82) is 0 Å². The fraction of sp³-hybridized carbons (Fsp3) is 0.290. The number of Topliss-reactive ketones (excluding diaryl/α,β-unsaturated/α-hetero) is 1. The number of fused-ring (bicyclic) bond motifs is 1. The zero-order chi connectivity index (χ0) is 29.1. The van der Waals surface area contributed by atoms with E-state index >= 15 is 0 Å². The molecule has 212 valence electrons. The van der Waals surface area contributed by atoms with Crippen LogP contribution in [-0.2, 0) is 9.59 Å². The molecule has 5 rings (SSSR count). The summed E-state index contributed by atoms with van der Waals surface area (Å²) >= 11 is 1.26. The summed E-state index contributed by atoms with van der Waals surface area (Å²) in [6.45, 7) is 7.03. The zero-order valence-corrected chi connectivity index (χ0v) is 24.1. The van der Waals surface area contributed by atoms with Gasteiger partial charge in [0.1, 0.15) is 11.5 Å². The van der Waals surface area contributed by atoms with Crippen LogP contribution in [0.25, 0.3) is 16.0 Å².